The van der Waals surface area contributed by atoms with E-state index in [9.17, 15) is 14.4 Å². The maximum absolute atomic E-state index is 13.1. The number of rotatable bonds is 5. The molecule has 0 atom stereocenters. The topological polar surface area (TPSA) is 93.5 Å². The van der Waals surface area contributed by atoms with Crippen LogP contribution in [0.15, 0.2) is 46.0 Å². The van der Waals surface area contributed by atoms with Crippen molar-refractivity contribution >= 4 is 23.2 Å². The quantitative estimate of drug-likeness (QED) is 0.641. The minimum Gasteiger partial charge on any atom is -0.496 e. The summed E-state index contributed by atoms with van der Waals surface area (Å²) in [5, 5.41) is 6.83. The van der Waals surface area contributed by atoms with Crippen molar-refractivity contribution < 1.29 is 14.3 Å². The number of pyridine rings is 2. The molecule has 166 valence electrons. The number of carbonyl (C=O) groups excluding carboxylic acids is 2. The highest BCUT2D eigenvalue weighted by Gasteiger charge is 2.27. The third kappa shape index (κ3) is 4.43. The van der Waals surface area contributed by atoms with E-state index in [4.69, 9.17) is 4.74 Å². The van der Waals surface area contributed by atoms with Gasteiger partial charge in [-0.1, -0.05) is 0 Å². The molecule has 1 aliphatic heterocycles. The van der Waals surface area contributed by atoms with Gasteiger partial charge in [0.2, 0.25) is 0 Å². The first kappa shape index (κ1) is 21.8. The summed E-state index contributed by atoms with van der Waals surface area (Å²) in [7, 11) is 1.44. The van der Waals surface area contributed by atoms with Crippen molar-refractivity contribution in [2.24, 2.45) is 0 Å². The first-order valence-corrected chi connectivity index (χ1v) is 11.2. The Balaban J connectivity index is 1.61. The Bertz CT molecular complexity index is 1190. The van der Waals surface area contributed by atoms with Crippen LogP contribution < -0.4 is 15.6 Å². The molecule has 0 saturated heterocycles. The zero-order valence-electron chi connectivity index (χ0n) is 18.0. The van der Waals surface area contributed by atoms with Crippen molar-refractivity contribution in [1.29, 1.82) is 0 Å². The van der Waals surface area contributed by atoms with Crippen LogP contribution in [-0.4, -0.2) is 46.5 Å². The van der Waals surface area contributed by atoms with E-state index in [2.05, 4.69) is 10.3 Å². The van der Waals surface area contributed by atoms with Gasteiger partial charge in [0, 0.05) is 56.3 Å². The number of hydrogen-bond donors (Lipinski definition) is 1. The predicted molar refractivity (Wildman–Crippen MR) is 121 cm³/mol. The second kappa shape index (κ2) is 9.35. The maximum Gasteiger partial charge on any atom is 0.257 e. The molecule has 0 radical (unpaired) electrons. The lowest BCUT2D eigenvalue weighted by atomic mass is 10.1. The van der Waals surface area contributed by atoms with Crippen LogP contribution in [0.1, 0.15) is 37.7 Å². The monoisotopic (exact) mass is 452 g/mol. The lowest BCUT2D eigenvalue weighted by Crippen LogP contribution is -2.34. The third-order valence-electron chi connectivity index (χ3n) is 5.52. The van der Waals surface area contributed by atoms with Gasteiger partial charge in [-0.3, -0.25) is 19.4 Å². The molecule has 4 rings (SSSR count). The lowest BCUT2D eigenvalue weighted by molar-refractivity contribution is 0.0758. The van der Waals surface area contributed by atoms with E-state index < -0.39 is 0 Å². The summed E-state index contributed by atoms with van der Waals surface area (Å²) in [6, 6.07) is 6.83. The van der Waals surface area contributed by atoms with Crippen LogP contribution in [0.2, 0.25) is 0 Å². The van der Waals surface area contributed by atoms with Crippen LogP contribution in [0.25, 0.3) is 0 Å². The number of thiophene rings is 1. The minimum atomic E-state index is -0.306. The number of nitrogens with one attached hydrogen (secondary N) is 1. The molecular weight excluding hydrogens is 428 g/mol. The fourth-order valence-corrected chi connectivity index (χ4v) is 4.47. The molecule has 0 bridgehead atoms. The number of methoxy groups -OCH3 is 1. The summed E-state index contributed by atoms with van der Waals surface area (Å²) in [5.74, 6) is -0.209. The smallest absolute Gasteiger partial charge is 0.257 e. The SMILES string of the molecule is COc1cc(=O)n2c(c1C(=O)NCc1ccsc1)CCN(C(=O)c1ccc(C)nc1)CC2. The van der Waals surface area contributed by atoms with Crippen LogP contribution in [-0.2, 0) is 19.5 Å². The molecule has 3 aromatic heterocycles. The Kier molecular flexibility index (Phi) is 6.36. The summed E-state index contributed by atoms with van der Waals surface area (Å²) >= 11 is 1.56. The zero-order chi connectivity index (χ0) is 22.7. The van der Waals surface area contributed by atoms with Crippen molar-refractivity contribution in [3.8, 4) is 5.75 Å². The van der Waals surface area contributed by atoms with Crippen molar-refractivity contribution in [2.75, 3.05) is 20.2 Å². The molecule has 2 amide bonds. The summed E-state index contributed by atoms with van der Waals surface area (Å²) in [6.07, 6.45) is 1.92. The highest BCUT2D eigenvalue weighted by molar-refractivity contribution is 7.07. The number of carbonyl (C=O) groups is 2. The molecule has 9 heteroatoms. The Labute approximate surface area is 189 Å². The van der Waals surface area contributed by atoms with Crippen LogP contribution >= 0.6 is 11.3 Å². The summed E-state index contributed by atoms with van der Waals surface area (Å²) < 4.78 is 6.96. The Hall–Kier alpha value is -3.46. The van der Waals surface area contributed by atoms with Gasteiger partial charge in [0.15, 0.2) is 0 Å². The molecule has 0 unspecified atom stereocenters. The van der Waals surface area contributed by atoms with Crippen molar-refractivity contribution in [3.05, 3.63) is 79.7 Å². The number of aromatic nitrogens is 2. The third-order valence-corrected chi connectivity index (χ3v) is 6.25. The van der Waals surface area contributed by atoms with Crippen LogP contribution in [0.4, 0.5) is 0 Å². The van der Waals surface area contributed by atoms with Crippen LogP contribution in [0.5, 0.6) is 5.75 Å². The molecule has 1 N–H and O–H groups in total. The lowest BCUT2D eigenvalue weighted by Gasteiger charge is -2.19. The maximum atomic E-state index is 13.1. The zero-order valence-corrected chi connectivity index (χ0v) is 18.8. The van der Waals surface area contributed by atoms with Gasteiger partial charge in [-0.25, -0.2) is 0 Å². The largest absolute Gasteiger partial charge is 0.496 e. The second-order valence-electron chi connectivity index (χ2n) is 7.57. The molecule has 0 saturated carbocycles. The first-order chi connectivity index (χ1) is 15.5. The minimum absolute atomic E-state index is 0.145. The van der Waals surface area contributed by atoms with Gasteiger partial charge in [-0.05, 0) is 41.4 Å². The molecule has 8 nitrogen and oxygen atoms in total. The molecule has 0 spiro atoms. The highest BCUT2D eigenvalue weighted by atomic mass is 32.1. The standard InChI is InChI=1S/C23H24N4O4S/c1-15-3-4-17(13-24-15)23(30)26-7-5-18-21(22(29)25-12-16-6-10-32-14-16)19(31-2)11-20(28)27(18)9-8-26/h3-4,6,10-11,13-14H,5,7-9,12H2,1-2H3,(H,25,29). The van der Waals surface area contributed by atoms with E-state index in [1.54, 1.807) is 39.1 Å². The number of fused-ring (bicyclic) bond motifs is 1. The van der Waals surface area contributed by atoms with E-state index >= 15 is 0 Å². The van der Waals surface area contributed by atoms with E-state index in [0.29, 0.717) is 49.4 Å². The number of ether oxygens (including phenoxy) is 1. The van der Waals surface area contributed by atoms with Gasteiger partial charge < -0.3 is 19.5 Å². The summed E-state index contributed by atoms with van der Waals surface area (Å²) in [4.78, 5) is 44.7. The Morgan fingerprint density at radius 1 is 1.22 bits per heavy atom. The number of aryl methyl sites for hydroxylation is 1. The number of hydrogen-bond acceptors (Lipinski definition) is 6. The van der Waals surface area contributed by atoms with E-state index in [-0.39, 0.29) is 23.1 Å². The Morgan fingerprint density at radius 2 is 2.06 bits per heavy atom. The molecule has 0 aliphatic carbocycles. The summed E-state index contributed by atoms with van der Waals surface area (Å²) in [6.45, 7) is 3.29. The summed E-state index contributed by atoms with van der Waals surface area (Å²) in [5.41, 5.74) is 3.01. The number of nitrogens with zero attached hydrogens (tertiary/aromatic N) is 3. The Morgan fingerprint density at radius 3 is 2.75 bits per heavy atom. The predicted octanol–water partition coefficient (Wildman–Crippen LogP) is 2.25. The molecular formula is C23H24N4O4S. The fourth-order valence-electron chi connectivity index (χ4n) is 3.80. The van der Waals surface area contributed by atoms with Gasteiger partial charge in [0.05, 0.1) is 12.7 Å². The van der Waals surface area contributed by atoms with Crippen LogP contribution in [0.3, 0.4) is 0 Å². The van der Waals surface area contributed by atoms with Crippen molar-refractivity contribution in [2.45, 2.75) is 26.4 Å². The second-order valence-corrected chi connectivity index (χ2v) is 8.35. The highest BCUT2D eigenvalue weighted by Crippen LogP contribution is 2.23. The van der Waals surface area contributed by atoms with Crippen LogP contribution in [0, 0.1) is 6.92 Å². The van der Waals surface area contributed by atoms with Gasteiger partial charge in [-0.15, -0.1) is 0 Å². The number of amides is 2. The van der Waals surface area contributed by atoms with E-state index in [0.717, 1.165) is 11.3 Å². The van der Waals surface area contributed by atoms with Gasteiger partial charge in [0.25, 0.3) is 17.4 Å². The van der Waals surface area contributed by atoms with Crippen molar-refractivity contribution in [3.63, 3.8) is 0 Å². The van der Waals surface area contributed by atoms with Gasteiger partial charge in [0.1, 0.15) is 11.3 Å². The normalized spacial score (nSPS) is 13.2. The molecule has 32 heavy (non-hydrogen) atoms. The molecule has 3 aromatic rings. The molecule has 0 fully saturated rings. The van der Waals surface area contributed by atoms with Gasteiger partial charge >= 0.3 is 0 Å². The molecule has 1 aliphatic rings. The molecule has 4 heterocycles. The van der Waals surface area contributed by atoms with Gasteiger partial charge in [-0.2, -0.15) is 11.3 Å². The average molecular weight is 453 g/mol. The van der Waals surface area contributed by atoms with E-state index in [1.165, 1.54) is 13.2 Å². The first-order valence-electron chi connectivity index (χ1n) is 10.3. The fraction of sp³-hybridized carbons (Fsp3) is 0.304. The van der Waals surface area contributed by atoms with Crippen molar-refractivity contribution in [1.82, 2.24) is 19.8 Å². The molecule has 0 aromatic carbocycles. The van der Waals surface area contributed by atoms with E-state index in [1.807, 2.05) is 23.8 Å². The average Bonchev–Trinajstić information content (AvgIpc) is 3.22.